The van der Waals surface area contributed by atoms with Gasteiger partial charge in [-0.3, -0.25) is 4.79 Å². The number of nitrogens with zero attached hydrogens (tertiary/aromatic N) is 2. The summed E-state index contributed by atoms with van der Waals surface area (Å²) < 4.78 is 4.65. The molecule has 1 saturated carbocycles. The van der Waals surface area contributed by atoms with Crippen molar-refractivity contribution >= 4 is 35.1 Å². The second-order valence-corrected chi connectivity index (χ2v) is 5.76. The summed E-state index contributed by atoms with van der Waals surface area (Å²) in [7, 11) is 1.28. The number of carbonyl (C=O) groups is 2. The number of anilines is 2. The number of aromatic nitrogens is 2. The van der Waals surface area contributed by atoms with E-state index in [0.717, 1.165) is 12.8 Å². The average molecular weight is 347 g/mol. The van der Waals surface area contributed by atoms with Crippen LogP contribution in [0.4, 0.5) is 11.6 Å². The highest BCUT2D eigenvalue weighted by Crippen LogP contribution is 2.25. The molecule has 0 bridgehead atoms. The fourth-order valence-corrected chi connectivity index (χ4v) is 2.16. The molecule has 1 fully saturated rings. The smallest absolute Gasteiger partial charge is 0.337 e. The Morgan fingerprint density at radius 3 is 2.54 bits per heavy atom. The van der Waals surface area contributed by atoms with Crippen LogP contribution < -0.4 is 10.6 Å². The summed E-state index contributed by atoms with van der Waals surface area (Å²) in [4.78, 5) is 32.1. The molecule has 1 heterocycles. The summed E-state index contributed by atoms with van der Waals surface area (Å²) in [5, 5.41) is 6.09. The molecule has 0 unspecified atom stereocenters. The van der Waals surface area contributed by atoms with Crippen LogP contribution in [0, 0.1) is 0 Å². The molecule has 3 rings (SSSR count). The molecule has 7 nitrogen and oxygen atoms in total. The zero-order valence-electron chi connectivity index (χ0n) is 12.9. The molecular weight excluding hydrogens is 332 g/mol. The van der Waals surface area contributed by atoms with Crippen LogP contribution in [0.5, 0.6) is 0 Å². The maximum Gasteiger partial charge on any atom is 0.337 e. The number of methoxy groups -OCH3 is 1. The standard InChI is InChI=1S/C16H15ClN4O3/c1-24-15(23)9-2-5-12(17)13(6-9)21-14(22)10-7-18-16(19-8-10)20-11-3-4-11/h2,5-8,11H,3-4H2,1H3,(H,21,22)(H,18,19,20). The molecule has 2 N–H and O–H groups in total. The zero-order valence-corrected chi connectivity index (χ0v) is 13.6. The first-order chi connectivity index (χ1) is 11.6. The second kappa shape index (κ2) is 6.84. The van der Waals surface area contributed by atoms with Crippen molar-refractivity contribution in [2.24, 2.45) is 0 Å². The minimum atomic E-state index is -0.513. The fourth-order valence-electron chi connectivity index (χ4n) is 1.99. The van der Waals surface area contributed by atoms with Crippen molar-refractivity contribution < 1.29 is 14.3 Å². The molecule has 1 aliphatic rings. The molecule has 24 heavy (non-hydrogen) atoms. The predicted molar refractivity (Wildman–Crippen MR) is 89.4 cm³/mol. The number of amides is 1. The van der Waals surface area contributed by atoms with Gasteiger partial charge in [0.25, 0.3) is 5.91 Å². The summed E-state index contributed by atoms with van der Waals surface area (Å²) in [6.45, 7) is 0. The van der Waals surface area contributed by atoms with Gasteiger partial charge in [0.15, 0.2) is 0 Å². The Labute approximate surface area is 143 Å². The molecule has 0 radical (unpaired) electrons. The predicted octanol–water partition coefficient (Wildman–Crippen LogP) is 2.74. The first-order valence-electron chi connectivity index (χ1n) is 7.34. The van der Waals surface area contributed by atoms with Gasteiger partial charge >= 0.3 is 5.97 Å². The summed E-state index contributed by atoms with van der Waals surface area (Å²) >= 11 is 6.06. The van der Waals surface area contributed by atoms with E-state index >= 15 is 0 Å². The van der Waals surface area contributed by atoms with E-state index in [0.29, 0.717) is 22.7 Å². The monoisotopic (exact) mass is 346 g/mol. The van der Waals surface area contributed by atoms with Gasteiger partial charge in [0.05, 0.1) is 28.9 Å². The maximum absolute atomic E-state index is 12.3. The van der Waals surface area contributed by atoms with Gasteiger partial charge in [0.1, 0.15) is 0 Å². The molecule has 0 spiro atoms. The van der Waals surface area contributed by atoms with E-state index < -0.39 is 11.9 Å². The Morgan fingerprint density at radius 1 is 1.21 bits per heavy atom. The third kappa shape index (κ3) is 3.80. The Kier molecular flexibility index (Phi) is 4.61. The van der Waals surface area contributed by atoms with Crippen LogP contribution in [-0.2, 0) is 4.74 Å². The lowest BCUT2D eigenvalue weighted by molar-refractivity contribution is 0.0600. The minimum absolute atomic E-state index is 0.288. The van der Waals surface area contributed by atoms with Gasteiger partial charge in [-0.25, -0.2) is 14.8 Å². The van der Waals surface area contributed by atoms with Gasteiger partial charge < -0.3 is 15.4 Å². The average Bonchev–Trinajstić information content (AvgIpc) is 3.40. The molecule has 0 atom stereocenters. The number of hydrogen-bond donors (Lipinski definition) is 2. The topological polar surface area (TPSA) is 93.2 Å². The Bertz CT molecular complexity index is 775. The van der Waals surface area contributed by atoms with Gasteiger partial charge in [-0.2, -0.15) is 0 Å². The van der Waals surface area contributed by atoms with Crippen molar-refractivity contribution in [3.8, 4) is 0 Å². The van der Waals surface area contributed by atoms with E-state index in [-0.39, 0.29) is 11.1 Å². The molecule has 1 aromatic carbocycles. The van der Waals surface area contributed by atoms with E-state index in [1.54, 1.807) is 0 Å². The van der Waals surface area contributed by atoms with Crippen LogP contribution in [0.3, 0.4) is 0 Å². The van der Waals surface area contributed by atoms with Crippen molar-refractivity contribution in [2.45, 2.75) is 18.9 Å². The number of halogens is 1. The van der Waals surface area contributed by atoms with Crippen molar-refractivity contribution in [3.05, 3.63) is 46.7 Å². The highest BCUT2D eigenvalue weighted by Gasteiger charge is 2.22. The van der Waals surface area contributed by atoms with Crippen LogP contribution in [0.2, 0.25) is 5.02 Å². The van der Waals surface area contributed by atoms with E-state index in [9.17, 15) is 9.59 Å². The van der Waals surface area contributed by atoms with Crippen molar-refractivity contribution in [3.63, 3.8) is 0 Å². The number of nitrogens with one attached hydrogen (secondary N) is 2. The van der Waals surface area contributed by atoms with E-state index in [4.69, 9.17) is 11.6 Å². The Morgan fingerprint density at radius 2 is 1.92 bits per heavy atom. The van der Waals surface area contributed by atoms with Crippen LogP contribution >= 0.6 is 11.6 Å². The molecular formula is C16H15ClN4O3. The van der Waals surface area contributed by atoms with E-state index in [1.807, 2.05) is 0 Å². The highest BCUT2D eigenvalue weighted by molar-refractivity contribution is 6.34. The van der Waals surface area contributed by atoms with E-state index in [2.05, 4.69) is 25.3 Å². The lowest BCUT2D eigenvalue weighted by atomic mass is 10.2. The minimum Gasteiger partial charge on any atom is -0.465 e. The van der Waals surface area contributed by atoms with Gasteiger partial charge in [0.2, 0.25) is 5.95 Å². The maximum atomic E-state index is 12.3. The molecule has 1 amide bonds. The molecule has 0 aliphatic heterocycles. The summed E-state index contributed by atoms with van der Waals surface area (Å²) in [5.74, 6) is -0.433. The molecule has 2 aromatic rings. The van der Waals surface area contributed by atoms with Crippen molar-refractivity contribution in [1.82, 2.24) is 9.97 Å². The molecule has 1 aliphatic carbocycles. The number of benzene rings is 1. The zero-order chi connectivity index (χ0) is 17.1. The molecule has 124 valence electrons. The summed E-state index contributed by atoms with van der Waals surface area (Å²) in [6.07, 6.45) is 5.09. The quantitative estimate of drug-likeness (QED) is 0.808. The van der Waals surface area contributed by atoms with Gasteiger partial charge in [-0.15, -0.1) is 0 Å². The van der Waals surface area contributed by atoms with Crippen LogP contribution in [0.1, 0.15) is 33.6 Å². The van der Waals surface area contributed by atoms with Crippen LogP contribution in [0.15, 0.2) is 30.6 Å². The van der Waals surface area contributed by atoms with Crippen molar-refractivity contribution in [1.29, 1.82) is 0 Å². The fraction of sp³-hybridized carbons (Fsp3) is 0.250. The number of carbonyl (C=O) groups excluding carboxylic acids is 2. The Balaban J connectivity index is 1.72. The normalized spacial score (nSPS) is 13.2. The van der Waals surface area contributed by atoms with Crippen LogP contribution in [-0.4, -0.2) is 35.0 Å². The number of ether oxygens (including phenoxy) is 1. The summed E-state index contributed by atoms with van der Waals surface area (Å²) in [5.41, 5.74) is 0.887. The molecule has 1 aromatic heterocycles. The third-order valence-corrected chi connectivity index (χ3v) is 3.79. The number of rotatable bonds is 5. The second-order valence-electron chi connectivity index (χ2n) is 5.35. The third-order valence-electron chi connectivity index (χ3n) is 3.46. The SMILES string of the molecule is COC(=O)c1ccc(Cl)c(NC(=O)c2cnc(NC3CC3)nc2)c1. The van der Waals surface area contributed by atoms with E-state index in [1.165, 1.54) is 37.7 Å². The number of hydrogen-bond acceptors (Lipinski definition) is 6. The van der Waals surface area contributed by atoms with Gasteiger partial charge in [0, 0.05) is 18.4 Å². The van der Waals surface area contributed by atoms with Crippen LogP contribution in [0.25, 0.3) is 0 Å². The Hall–Kier alpha value is -2.67. The lowest BCUT2D eigenvalue weighted by Gasteiger charge is -2.09. The summed E-state index contributed by atoms with van der Waals surface area (Å²) in [6, 6.07) is 4.92. The van der Waals surface area contributed by atoms with Gasteiger partial charge in [-0.1, -0.05) is 11.6 Å². The highest BCUT2D eigenvalue weighted by atomic mass is 35.5. The molecule has 0 saturated heterocycles. The lowest BCUT2D eigenvalue weighted by Crippen LogP contribution is -2.14. The number of esters is 1. The molecule has 8 heteroatoms. The van der Waals surface area contributed by atoms with Gasteiger partial charge in [-0.05, 0) is 31.0 Å². The first kappa shape index (κ1) is 16.2. The van der Waals surface area contributed by atoms with Crippen molar-refractivity contribution in [2.75, 3.05) is 17.7 Å². The largest absolute Gasteiger partial charge is 0.465 e. The first-order valence-corrected chi connectivity index (χ1v) is 7.72.